The van der Waals surface area contributed by atoms with E-state index in [9.17, 15) is 4.79 Å². The van der Waals surface area contributed by atoms with Crippen LogP contribution in [0.1, 0.15) is 23.0 Å². The highest BCUT2D eigenvalue weighted by Crippen LogP contribution is 2.29. The maximum absolute atomic E-state index is 12.8. The molecule has 0 saturated heterocycles. The van der Waals surface area contributed by atoms with E-state index in [0.29, 0.717) is 0 Å². The smallest absolute Gasteiger partial charge is 0.178 e. The van der Waals surface area contributed by atoms with E-state index in [-0.39, 0.29) is 11.0 Å². The van der Waals surface area contributed by atoms with Crippen LogP contribution in [0.2, 0.25) is 0 Å². The van der Waals surface area contributed by atoms with Gasteiger partial charge in [0.2, 0.25) is 0 Å². The first-order valence-corrected chi connectivity index (χ1v) is 7.73. The molecule has 21 heavy (non-hydrogen) atoms. The molecule has 1 aromatic carbocycles. The lowest BCUT2D eigenvalue weighted by Gasteiger charge is -2.10. The minimum absolute atomic E-state index is 0.134. The summed E-state index contributed by atoms with van der Waals surface area (Å²) in [5, 5.41) is 0.868. The molecule has 0 fully saturated rings. The molecule has 0 aliphatic heterocycles. The molecular formula is C17H16N2OS. The molecular weight excluding hydrogens is 280 g/mol. The number of pyridine rings is 1. The van der Waals surface area contributed by atoms with E-state index in [1.54, 1.807) is 24.2 Å². The number of ketones is 1. The van der Waals surface area contributed by atoms with Crippen LogP contribution in [0, 0.1) is 6.92 Å². The topological polar surface area (TPSA) is 45.8 Å². The third-order valence-electron chi connectivity index (χ3n) is 3.47. The van der Waals surface area contributed by atoms with E-state index in [4.69, 9.17) is 0 Å². The van der Waals surface area contributed by atoms with Crippen LogP contribution in [-0.4, -0.2) is 21.0 Å². The van der Waals surface area contributed by atoms with Crippen molar-refractivity contribution in [1.82, 2.24) is 9.97 Å². The van der Waals surface area contributed by atoms with E-state index < -0.39 is 0 Å². The van der Waals surface area contributed by atoms with Crippen molar-refractivity contribution in [2.24, 2.45) is 0 Å². The predicted octanol–water partition coefficient (Wildman–Crippen LogP) is 4.23. The molecule has 0 saturated carbocycles. The lowest BCUT2D eigenvalue weighted by molar-refractivity contribution is 0.0995. The fraction of sp³-hybridized carbons (Fsp3) is 0.176. The Kier molecular flexibility index (Phi) is 3.80. The molecule has 1 N–H and O–H groups in total. The molecule has 3 nitrogen and oxygen atoms in total. The van der Waals surface area contributed by atoms with Crippen molar-refractivity contribution < 1.29 is 4.79 Å². The van der Waals surface area contributed by atoms with E-state index in [1.807, 2.05) is 50.2 Å². The Labute approximate surface area is 127 Å². The van der Waals surface area contributed by atoms with E-state index in [2.05, 4.69) is 9.97 Å². The van der Waals surface area contributed by atoms with Crippen LogP contribution in [0.15, 0.2) is 53.7 Å². The number of H-pyrrole nitrogens is 1. The summed E-state index contributed by atoms with van der Waals surface area (Å²) < 4.78 is 0. The van der Waals surface area contributed by atoms with E-state index in [0.717, 1.165) is 27.1 Å². The molecule has 0 bridgehead atoms. The lowest BCUT2D eigenvalue weighted by Crippen LogP contribution is -2.14. The number of nitrogens with one attached hydrogen (secondary N) is 1. The van der Waals surface area contributed by atoms with Gasteiger partial charge < -0.3 is 4.98 Å². The molecule has 2 heterocycles. The largest absolute Gasteiger partial charge is 0.358 e. The quantitative estimate of drug-likeness (QED) is 0.578. The summed E-state index contributed by atoms with van der Waals surface area (Å²) in [7, 11) is 0. The zero-order valence-electron chi connectivity index (χ0n) is 12.0. The fourth-order valence-electron chi connectivity index (χ4n) is 2.47. The molecule has 106 valence electrons. The molecule has 2 aromatic heterocycles. The van der Waals surface area contributed by atoms with Gasteiger partial charge in [0, 0.05) is 39.4 Å². The first-order valence-electron chi connectivity index (χ1n) is 6.85. The van der Waals surface area contributed by atoms with Crippen LogP contribution in [0.3, 0.4) is 0 Å². The molecule has 0 amide bonds. The Morgan fingerprint density at radius 1 is 1.19 bits per heavy atom. The first kappa shape index (κ1) is 13.9. The molecule has 0 radical (unpaired) electrons. The van der Waals surface area contributed by atoms with Crippen molar-refractivity contribution in [3.05, 3.63) is 60.0 Å². The summed E-state index contributed by atoms with van der Waals surface area (Å²) in [6, 6.07) is 11.8. The summed E-state index contributed by atoms with van der Waals surface area (Å²) >= 11 is 1.56. The molecule has 1 atom stereocenters. The van der Waals surface area contributed by atoms with Crippen LogP contribution >= 0.6 is 11.8 Å². The number of nitrogens with zero attached hydrogens (tertiary/aromatic N) is 1. The zero-order valence-corrected chi connectivity index (χ0v) is 12.8. The number of carbonyl (C=O) groups is 1. The summed E-state index contributed by atoms with van der Waals surface area (Å²) in [5.74, 6) is 0.159. The Bertz CT molecular complexity index is 780. The summed E-state index contributed by atoms with van der Waals surface area (Å²) in [5.41, 5.74) is 2.75. The first-order chi connectivity index (χ1) is 10.2. The Morgan fingerprint density at radius 3 is 2.67 bits per heavy atom. The van der Waals surface area contributed by atoms with Crippen LogP contribution < -0.4 is 0 Å². The Balaban J connectivity index is 1.91. The molecule has 1 unspecified atom stereocenters. The summed E-state index contributed by atoms with van der Waals surface area (Å²) in [4.78, 5) is 21.1. The number of benzene rings is 1. The third-order valence-corrected chi connectivity index (χ3v) is 4.58. The number of fused-ring (bicyclic) bond motifs is 1. The van der Waals surface area contributed by atoms with Gasteiger partial charge in [-0.15, -0.1) is 11.8 Å². The number of thioether (sulfide) groups is 1. The van der Waals surface area contributed by atoms with Crippen molar-refractivity contribution in [3.63, 3.8) is 0 Å². The maximum Gasteiger partial charge on any atom is 0.178 e. The Morgan fingerprint density at radius 2 is 1.90 bits per heavy atom. The van der Waals surface area contributed by atoms with Gasteiger partial charge in [-0.05, 0) is 32.0 Å². The number of carbonyl (C=O) groups excluding carboxylic acids is 1. The van der Waals surface area contributed by atoms with Gasteiger partial charge in [0.1, 0.15) is 0 Å². The number of aromatic amines is 1. The number of aromatic nitrogens is 2. The SMILES string of the molecule is Cc1[nH]c2ccccc2c1C(=O)C(C)Sc1ccncc1. The molecule has 0 aliphatic carbocycles. The van der Waals surface area contributed by atoms with Gasteiger partial charge in [0.15, 0.2) is 5.78 Å². The monoisotopic (exact) mass is 296 g/mol. The molecule has 0 spiro atoms. The van der Waals surface area contributed by atoms with Gasteiger partial charge in [-0.3, -0.25) is 9.78 Å². The number of para-hydroxylation sites is 1. The number of hydrogen-bond acceptors (Lipinski definition) is 3. The van der Waals surface area contributed by atoms with Gasteiger partial charge >= 0.3 is 0 Å². The number of Topliss-reactive ketones (excluding diaryl/α,β-unsaturated/α-hetero) is 1. The highest BCUT2D eigenvalue weighted by Gasteiger charge is 2.22. The van der Waals surface area contributed by atoms with Crippen molar-refractivity contribution >= 4 is 28.4 Å². The Hall–Kier alpha value is -2.07. The van der Waals surface area contributed by atoms with Crippen LogP contribution in [0.5, 0.6) is 0 Å². The molecule has 4 heteroatoms. The normalized spacial score (nSPS) is 12.5. The van der Waals surface area contributed by atoms with Gasteiger partial charge in [0.25, 0.3) is 0 Å². The van der Waals surface area contributed by atoms with Crippen molar-refractivity contribution in [2.45, 2.75) is 24.0 Å². The van der Waals surface area contributed by atoms with Gasteiger partial charge in [0.05, 0.1) is 5.25 Å². The standard InChI is InChI=1S/C17H16N2OS/c1-11-16(14-5-3-4-6-15(14)19-11)17(20)12(2)21-13-7-9-18-10-8-13/h3-10,12,19H,1-2H3. The maximum atomic E-state index is 12.8. The highest BCUT2D eigenvalue weighted by molar-refractivity contribution is 8.00. The summed E-state index contributed by atoms with van der Waals surface area (Å²) in [6.07, 6.45) is 3.49. The lowest BCUT2D eigenvalue weighted by atomic mass is 10.1. The average molecular weight is 296 g/mol. The average Bonchev–Trinajstić information content (AvgIpc) is 2.83. The van der Waals surface area contributed by atoms with Crippen molar-refractivity contribution in [2.75, 3.05) is 0 Å². The van der Waals surface area contributed by atoms with Crippen LogP contribution in [0.25, 0.3) is 10.9 Å². The highest BCUT2D eigenvalue weighted by atomic mass is 32.2. The molecule has 3 rings (SSSR count). The molecule has 0 aliphatic rings. The third kappa shape index (κ3) is 2.72. The van der Waals surface area contributed by atoms with E-state index >= 15 is 0 Å². The van der Waals surface area contributed by atoms with Crippen molar-refractivity contribution in [3.8, 4) is 0 Å². The number of aryl methyl sites for hydroxylation is 1. The van der Waals surface area contributed by atoms with Crippen molar-refractivity contribution in [1.29, 1.82) is 0 Å². The van der Waals surface area contributed by atoms with Gasteiger partial charge in [-0.1, -0.05) is 18.2 Å². The fourth-order valence-corrected chi connectivity index (χ4v) is 3.38. The number of rotatable bonds is 4. The number of hydrogen-bond donors (Lipinski definition) is 1. The minimum atomic E-state index is -0.134. The second-order valence-corrected chi connectivity index (χ2v) is 6.39. The van der Waals surface area contributed by atoms with Crippen LogP contribution in [0.4, 0.5) is 0 Å². The zero-order chi connectivity index (χ0) is 14.8. The van der Waals surface area contributed by atoms with Crippen LogP contribution in [-0.2, 0) is 0 Å². The van der Waals surface area contributed by atoms with Gasteiger partial charge in [-0.2, -0.15) is 0 Å². The second-order valence-electron chi connectivity index (χ2n) is 4.98. The van der Waals surface area contributed by atoms with Gasteiger partial charge in [-0.25, -0.2) is 0 Å². The minimum Gasteiger partial charge on any atom is -0.358 e. The second kappa shape index (κ2) is 5.74. The van der Waals surface area contributed by atoms with E-state index in [1.165, 1.54) is 0 Å². The predicted molar refractivity (Wildman–Crippen MR) is 86.9 cm³/mol. The summed E-state index contributed by atoms with van der Waals surface area (Å²) in [6.45, 7) is 3.91. The molecule has 3 aromatic rings.